The maximum Gasteiger partial charge on any atom is 0.191 e. The maximum atomic E-state index is 5.58. The molecule has 0 spiro atoms. The number of hydrogen-bond donors (Lipinski definition) is 2. The van der Waals surface area contributed by atoms with E-state index in [9.17, 15) is 0 Å². The zero-order valence-corrected chi connectivity index (χ0v) is 16.7. The van der Waals surface area contributed by atoms with Crippen molar-refractivity contribution in [2.24, 2.45) is 10.4 Å². The molecule has 0 saturated carbocycles. The van der Waals surface area contributed by atoms with Gasteiger partial charge in [-0.2, -0.15) is 0 Å². The molecule has 1 atom stereocenters. The van der Waals surface area contributed by atoms with Crippen molar-refractivity contribution in [2.75, 3.05) is 67.0 Å². The van der Waals surface area contributed by atoms with Gasteiger partial charge >= 0.3 is 0 Å². The molecule has 0 aromatic heterocycles. The molecule has 2 N–H and O–H groups in total. The first-order valence-corrected chi connectivity index (χ1v) is 9.25. The fourth-order valence-electron chi connectivity index (χ4n) is 2.99. The SMILES string of the molecule is CN=C(NCCCN1CCCN(C)CC1)NCC(OC)C(C)(C)C. The van der Waals surface area contributed by atoms with Crippen molar-refractivity contribution in [3.05, 3.63) is 0 Å². The summed E-state index contributed by atoms with van der Waals surface area (Å²) < 4.78 is 5.58. The van der Waals surface area contributed by atoms with Crippen LogP contribution in [0, 0.1) is 5.41 Å². The van der Waals surface area contributed by atoms with Crippen LogP contribution < -0.4 is 10.6 Å². The second-order valence-corrected chi connectivity index (χ2v) is 7.82. The minimum Gasteiger partial charge on any atom is -0.379 e. The zero-order valence-electron chi connectivity index (χ0n) is 16.7. The first-order valence-electron chi connectivity index (χ1n) is 9.25. The first kappa shape index (κ1) is 21.2. The van der Waals surface area contributed by atoms with E-state index in [1.54, 1.807) is 7.11 Å². The number of nitrogens with one attached hydrogen (secondary N) is 2. The largest absolute Gasteiger partial charge is 0.379 e. The van der Waals surface area contributed by atoms with E-state index >= 15 is 0 Å². The Balaban J connectivity index is 2.22. The summed E-state index contributed by atoms with van der Waals surface area (Å²) in [4.78, 5) is 9.30. The highest BCUT2D eigenvalue weighted by Gasteiger charge is 2.24. The molecule has 1 saturated heterocycles. The molecule has 24 heavy (non-hydrogen) atoms. The minimum atomic E-state index is 0.112. The van der Waals surface area contributed by atoms with Crippen LogP contribution in [-0.4, -0.2) is 88.9 Å². The second-order valence-electron chi connectivity index (χ2n) is 7.82. The van der Waals surface area contributed by atoms with E-state index in [2.05, 4.69) is 53.2 Å². The molecule has 0 bridgehead atoms. The molecule has 1 unspecified atom stereocenters. The van der Waals surface area contributed by atoms with Gasteiger partial charge in [0.2, 0.25) is 0 Å². The molecular formula is C18H39N5O. The van der Waals surface area contributed by atoms with E-state index in [4.69, 9.17) is 4.74 Å². The van der Waals surface area contributed by atoms with Crippen LogP contribution >= 0.6 is 0 Å². The average Bonchev–Trinajstić information content (AvgIpc) is 2.73. The van der Waals surface area contributed by atoms with Crippen LogP contribution in [0.1, 0.15) is 33.6 Å². The highest BCUT2D eigenvalue weighted by atomic mass is 16.5. The van der Waals surface area contributed by atoms with Crippen molar-refractivity contribution in [1.29, 1.82) is 0 Å². The lowest BCUT2D eigenvalue weighted by Crippen LogP contribution is -2.45. The van der Waals surface area contributed by atoms with Crippen LogP contribution in [0.25, 0.3) is 0 Å². The molecule has 1 rings (SSSR count). The maximum absolute atomic E-state index is 5.58. The van der Waals surface area contributed by atoms with E-state index in [1.165, 1.54) is 32.6 Å². The predicted octanol–water partition coefficient (Wildman–Crippen LogP) is 1.24. The van der Waals surface area contributed by atoms with Gasteiger partial charge in [0.15, 0.2) is 5.96 Å². The monoisotopic (exact) mass is 341 g/mol. The number of hydrogen-bond acceptors (Lipinski definition) is 4. The Morgan fingerprint density at radius 1 is 1.17 bits per heavy atom. The van der Waals surface area contributed by atoms with E-state index in [0.29, 0.717) is 0 Å². The van der Waals surface area contributed by atoms with Gasteiger partial charge < -0.3 is 25.2 Å². The van der Waals surface area contributed by atoms with Crippen molar-refractivity contribution in [1.82, 2.24) is 20.4 Å². The Bertz CT molecular complexity index is 367. The average molecular weight is 342 g/mol. The second kappa shape index (κ2) is 10.9. The summed E-state index contributed by atoms with van der Waals surface area (Å²) in [5.74, 6) is 0.858. The Labute approximate surface area is 149 Å². The third kappa shape index (κ3) is 8.31. The van der Waals surface area contributed by atoms with Gasteiger partial charge in [0.05, 0.1) is 6.10 Å². The minimum absolute atomic E-state index is 0.112. The van der Waals surface area contributed by atoms with Gasteiger partial charge in [0.1, 0.15) is 0 Å². The van der Waals surface area contributed by atoms with Crippen molar-refractivity contribution >= 4 is 5.96 Å². The number of guanidine groups is 1. The van der Waals surface area contributed by atoms with E-state index in [0.717, 1.165) is 32.0 Å². The van der Waals surface area contributed by atoms with Crippen molar-refractivity contribution < 1.29 is 4.74 Å². The summed E-state index contributed by atoms with van der Waals surface area (Å²) in [6.45, 7) is 14.2. The van der Waals surface area contributed by atoms with Gasteiger partial charge in [0.25, 0.3) is 0 Å². The summed E-state index contributed by atoms with van der Waals surface area (Å²) in [5.41, 5.74) is 0.112. The number of rotatable bonds is 7. The van der Waals surface area contributed by atoms with Crippen LogP contribution in [0.15, 0.2) is 4.99 Å². The van der Waals surface area contributed by atoms with E-state index in [1.807, 2.05) is 7.05 Å². The van der Waals surface area contributed by atoms with Gasteiger partial charge in [0, 0.05) is 40.3 Å². The molecule has 1 aliphatic heterocycles. The fourth-order valence-corrected chi connectivity index (χ4v) is 2.99. The fraction of sp³-hybridized carbons (Fsp3) is 0.944. The Morgan fingerprint density at radius 2 is 1.92 bits per heavy atom. The third-order valence-electron chi connectivity index (χ3n) is 4.68. The van der Waals surface area contributed by atoms with Crippen molar-refractivity contribution in [2.45, 2.75) is 39.7 Å². The molecule has 0 aliphatic carbocycles. The topological polar surface area (TPSA) is 52.1 Å². The lowest BCUT2D eigenvalue weighted by Gasteiger charge is -2.30. The number of ether oxygens (including phenoxy) is 1. The molecular weight excluding hydrogens is 302 g/mol. The van der Waals surface area contributed by atoms with Crippen LogP contribution in [0.3, 0.4) is 0 Å². The summed E-state index contributed by atoms with van der Waals surface area (Å²) in [5, 5.41) is 6.79. The highest BCUT2D eigenvalue weighted by molar-refractivity contribution is 5.79. The van der Waals surface area contributed by atoms with Gasteiger partial charge in [-0.25, -0.2) is 0 Å². The summed E-state index contributed by atoms with van der Waals surface area (Å²) in [6, 6.07) is 0. The molecule has 6 nitrogen and oxygen atoms in total. The number of nitrogens with zero attached hydrogens (tertiary/aromatic N) is 3. The number of methoxy groups -OCH3 is 1. The standard InChI is InChI=1S/C18H39N5O/c1-18(2,3)16(24-6)15-21-17(19-4)20-9-7-11-23-12-8-10-22(5)13-14-23/h16H,7-15H2,1-6H3,(H2,19,20,21). The smallest absolute Gasteiger partial charge is 0.191 e. The summed E-state index contributed by atoms with van der Waals surface area (Å²) >= 11 is 0. The van der Waals surface area contributed by atoms with Crippen LogP contribution in [-0.2, 0) is 4.74 Å². The molecule has 1 fully saturated rings. The van der Waals surface area contributed by atoms with E-state index < -0.39 is 0 Å². The number of likely N-dealkylation sites (N-methyl/N-ethyl adjacent to an activating group) is 1. The molecule has 142 valence electrons. The molecule has 0 aromatic rings. The van der Waals surface area contributed by atoms with Gasteiger partial charge in [-0.1, -0.05) is 20.8 Å². The predicted molar refractivity (Wildman–Crippen MR) is 103 cm³/mol. The molecule has 1 heterocycles. The Hall–Kier alpha value is -0.850. The van der Waals surface area contributed by atoms with Gasteiger partial charge in [-0.05, 0) is 44.9 Å². The molecule has 0 amide bonds. The Morgan fingerprint density at radius 3 is 2.54 bits per heavy atom. The molecule has 0 aromatic carbocycles. The zero-order chi connectivity index (χ0) is 18.0. The third-order valence-corrected chi connectivity index (χ3v) is 4.68. The molecule has 0 radical (unpaired) electrons. The summed E-state index contributed by atoms with van der Waals surface area (Å²) in [6.07, 6.45) is 2.57. The quantitative estimate of drug-likeness (QED) is 0.415. The lowest BCUT2D eigenvalue weighted by atomic mass is 9.89. The number of aliphatic imine (C=N–C) groups is 1. The normalized spacial score (nSPS) is 19.8. The van der Waals surface area contributed by atoms with Crippen molar-refractivity contribution in [3.8, 4) is 0 Å². The van der Waals surface area contributed by atoms with Crippen molar-refractivity contribution in [3.63, 3.8) is 0 Å². The highest BCUT2D eigenvalue weighted by Crippen LogP contribution is 2.20. The van der Waals surface area contributed by atoms with Gasteiger partial charge in [-0.3, -0.25) is 4.99 Å². The van der Waals surface area contributed by atoms with Crippen LogP contribution in [0.2, 0.25) is 0 Å². The molecule has 6 heteroatoms. The van der Waals surface area contributed by atoms with E-state index in [-0.39, 0.29) is 11.5 Å². The lowest BCUT2D eigenvalue weighted by molar-refractivity contribution is 0.0205. The van der Waals surface area contributed by atoms with Gasteiger partial charge in [-0.15, -0.1) is 0 Å². The Kier molecular flexibility index (Phi) is 9.63. The van der Waals surface area contributed by atoms with Crippen LogP contribution in [0.4, 0.5) is 0 Å². The summed E-state index contributed by atoms with van der Waals surface area (Å²) in [7, 11) is 5.80. The molecule has 1 aliphatic rings. The first-order chi connectivity index (χ1) is 11.4. The van der Waals surface area contributed by atoms with Crippen LogP contribution in [0.5, 0.6) is 0 Å².